The van der Waals surface area contributed by atoms with Crippen LogP contribution < -0.4 is 10.9 Å². The summed E-state index contributed by atoms with van der Waals surface area (Å²) in [7, 11) is 0. The smallest absolute Gasteiger partial charge is 0.250 e. The van der Waals surface area contributed by atoms with Crippen LogP contribution >= 0.6 is 0 Å². The molecule has 1 amide bonds. The van der Waals surface area contributed by atoms with E-state index in [0.29, 0.717) is 25.9 Å². The number of hydrogen-bond acceptors (Lipinski definition) is 3. The van der Waals surface area contributed by atoms with Crippen LogP contribution in [0.25, 0.3) is 0 Å². The Hall–Kier alpha value is -1.62. The third kappa shape index (κ3) is 5.63. The highest BCUT2D eigenvalue weighted by Gasteiger charge is 2.02. The largest absolute Gasteiger partial charge is 0.393 e. The Morgan fingerprint density at radius 3 is 2.94 bits per heavy atom. The molecule has 0 aliphatic heterocycles. The van der Waals surface area contributed by atoms with E-state index < -0.39 is 0 Å². The van der Waals surface area contributed by atoms with Gasteiger partial charge < -0.3 is 15.0 Å². The molecule has 0 fully saturated rings. The fourth-order valence-corrected chi connectivity index (χ4v) is 1.58. The van der Waals surface area contributed by atoms with Gasteiger partial charge in [-0.1, -0.05) is 6.07 Å². The molecular weight excluding hydrogens is 232 g/mol. The SMILES string of the molecule is CC(O)CCCNC(=O)CCn1ccccc1=O. The second-order valence-corrected chi connectivity index (χ2v) is 4.32. The van der Waals surface area contributed by atoms with Crippen molar-refractivity contribution in [3.05, 3.63) is 34.7 Å². The van der Waals surface area contributed by atoms with Gasteiger partial charge in [0.25, 0.3) is 5.56 Å². The van der Waals surface area contributed by atoms with E-state index >= 15 is 0 Å². The standard InChI is InChI=1S/C13H20N2O3/c1-11(16)5-4-8-14-12(17)7-10-15-9-3-2-6-13(15)18/h2-3,6,9,11,16H,4-5,7-8,10H2,1H3,(H,14,17). The Balaban J connectivity index is 2.21. The number of rotatable bonds is 7. The zero-order valence-electron chi connectivity index (χ0n) is 10.6. The van der Waals surface area contributed by atoms with E-state index in [-0.39, 0.29) is 17.6 Å². The molecule has 18 heavy (non-hydrogen) atoms. The first-order valence-electron chi connectivity index (χ1n) is 6.20. The Bertz CT molecular complexity index is 426. The van der Waals surface area contributed by atoms with Crippen molar-refractivity contribution in [1.29, 1.82) is 0 Å². The number of aliphatic hydroxyl groups is 1. The summed E-state index contributed by atoms with van der Waals surface area (Å²) in [6, 6.07) is 4.91. The lowest BCUT2D eigenvalue weighted by Gasteiger charge is -2.07. The molecule has 100 valence electrons. The van der Waals surface area contributed by atoms with Gasteiger partial charge in [-0.3, -0.25) is 9.59 Å². The quantitative estimate of drug-likeness (QED) is 0.695. The average Bonchev–Trinajstić information content (AvgIpc) is 2.33. The third-order valence-electron chi connectivity index (χ3n) is 2.60. The number of pyridine rings is 1. The highest BCUT2D eigenvalue weighted by Crippen LogP contribution is 1.94. The first-order valence-corrected chi connectivity index (χ1v) is 6.20. The lowest BCUT2D eigenvalue weighted by molar-refractivity contribution is -0.121. The lowest BCUT2D eigenvalue weighted by Crippen LogP contribution is -2.28. The number of aromatic nitrogens is 1. The molecule has 0 bridgehead atoms. The molecule has 0 saturated heterocycles. The summed E-state index contributed by atoms with van der Waals surface area (Å²) in [5.41, 5.74) is -0.0978. The van der Waals surface area contributed by atoms with E-state index in [1.54, 1.807) is 25.3 Å². The second-order valence-electron chi connectivity index (χ2n) is 4.32. The molecule has 1 aromatic rings. The van der Waals surface area contributed by atoms with Gasteiger partial charge in [0.1, 0.15) is 0 Å². The van der Waals surface area contributed by atoms with Gasteiger partial charge in [-0.15, -0.1) is 0 Å². The Morgan fingerprint density at radius 1 is 1.50 bits per heavy atom. The molecule has 2 N–H and O–H groups in total. The van der Waals surface area contributed by atoms with Gasteiger partial charge in [-0.2, -0.15) is 0 Å². The van der Waals surface area contributed by atoms with E-state index in [2.05, 4.69) is 5.32 Å². The molecule has 0 aliphatic carbocycles. The molecule has 1 aromatic heterocycles. The van der Waals surface area contributed by atoms with Crippen molar-refractivity contribution in [3.63, 3.8) is 0 Å². The van der Waals surface area contributed by atoms with Crippen LogP contribution in [0.5, 0.6) is 0 Å². The summed E-state index contributed by atoms with van der Waals surface area (Å²) >= 11 is 0. The Kier molecular flexibility index (Phi) is 6.14. The molecule has 0 radical (unpaired) electrons. The van der Waals surface area contributed by atoms with E-state index in [1.807, 2.05) is 0 Å². The van der Waals surface area contributed by atoms with Gasteiger partial charge in [0.2, 0.25) is 5.91 Å². The molecule has 1 unspecified atom stereocenters. The molecule has 5 nitrogen and oxygen atoms in total. The summed E-state index contributed by atoms with van der Waals surface area (Å²) in [5.74, 6) is -0.0728. The van der Waals surface area contributed by atoms with Gasteiger partial charge in [0, 0.05) is 31.8 Å². The average molecular weight is 252 g/mol. The maximum Gasteiger partial charge on any atom is 0.250 e. The van der Waals surface area contributed by atoms with E-state index in [4.69, 9.17) is 5.11 Å². The summed E-state index contributed by atoms with van der Waals surface area (Å²) in [4.78, 5) is 22.9. The molecular formula is C13H20N2O3. The monoisotopic (exact) mass is 252 g/mol. The fraction of sp³-hybridized carbons (Fsp3) is 0.538. The maximum atomic E-state index is 11.5. The molecule has 1 atom stereocenters. The number of aryl methyl sites for hydroxylation is 1. The maximum absolute atomic E-state index is 11.5. The zero-order valence-corrected chi connectivity index (χ0v) is 10.6. The van der Waals surface area contributed by atoms with Crippen molar-refractivity contribution in [3.8, 4) is 0 Å². The predicted molar refractivity (Wildman–Crippen MR) is 69.2 cm³/mol. The fourth-order valence-electron chi connectivity index (χ4n) is 1.58. The van der Waals surface area contributed by atoms with Crippen LogP contribution in [0.1, 0.15) is 26.2 Å². The van der Waals surface area contributed by atoms with Gasteiger partial charge >= 0.3 is 0 Å². The molecule has 0 aromatic carbocycles. The third-order valence-corrected chi connectivity index (χ3v) is 2.60. The van der Waals surface area contributed by atoms with Crippen molar-refractivity contribution in [2.45, 2.75) is 38.8 Å². The summed E-state index contributed by atoms with van der Waals surface area (Å²) in [5, 5.41) is 11.8. The first kappa shape index (κ1) is 14.4. The van der Waals surface area contributed by atoms with Crippen molar-refractivity contribution in [1.82, 2.24) is 9.88 Å². The minimum atomic E-state index is -0.329. The summed E-state index contributed by atoms with van der Waals surface area (Å²) < 4.78 is 1.51. The van der Waals surface area contributed by atoms with Gasteiger partial charge in [0.05, 0.1) is 6.10 Å². The minimum Gasteiger partial charge on any atom is -0.393 e. The predicted octanol–water partition coefficient (Wildman–Crippen LogP) is 0.516. The van der Waals surface area contributed by atoms with Crippen LogP contribution in [0.3, 0.4) is 0 Å². The van der Waals surface area contributed by atoms with Gasteiger partial charge in [-0.05, 0) is 25.8 Å². The Labute approximate surface area is 106 Å². The summed E-state index contributed by atoms with van der Waals surface area (Å²) in [6.07, 6.45) is 3.07. The van der Waals surface area contributed by atoms with Crippen molar-refractivity contribution >= 4 is 5.91 Å². The highest BCUT2D eigenvalue weighted by molar-refractivity contribution is 5.75. The van der Waals surface area contributed by atoms with Crippen LogP contribution in [-0.4, -0.2) is 28.2 Å². The second kappa shape index (κ2) is 7.66. The number of carbonyl (C=O) groups excluding carboxylic acids is 1. The molecule has 0 aliphatic rings. The van der Waals surface area contributed by atoms with Crippen LogP contribution in [-0.2, 0) is 11.3 Å². The lowest BCUT2D eigenvalue weighted by atomic mass is 10.2. The topological polar surface area (TPSA) is 71.3 Å². The normalized spacial score (nSPS) is 12.1. The van der Waals surface area contributed by atoms with E-state index in [0.717, 1.165) is 6.42 Å². The number of nitrogens with zero attached hydrogens (tertiary/aromatic N) is 1. The van der Waals surface area contributed by atoms with Crippen LogP contribution in [0, 0.1) is 0 Å². The van der Waals surface area contributed by atoms with Crippen LogP contribution in [0.2, 0.25) is 0 Å². The minimum absolute atomic E-state index is 0.0728. The van der Waals surface area contributed by atoms with Crippen LogP contribution in [0.4, 0.5) is 0 Å². The Morgan fingerprint density at radius 2 is 2.28 bits per heavy atom. The molecule has 1 heterocycles. The molecule has 5 heteroatoms. The highest BCUT2D eigenvalue weighted by atomic mass is 16.3. The molecule has 0 spiro atoms. The van der Waals surface area contributed by atoms with Crippen molar-refractivity contribution in [2.24, 2.45) is 0 Å². The van der Waals surface area contributed by atoms with Gasteiger partial charge in [0.15, 0.2) is 0 Å². The number of carbonyl (C=O) groups is 1. The van der Waals surface area contributed by atoms with E-state index in [1.165, 1.54) is 10.6 Å². The van der Waals surface area contributed by atoms with Crippen molar-refractivity contribution in [2.75, 3.05) is 6.54 Å². The number of amides is 1. The first-order chi connectivity index (χ1) is 8.59. The number of hydrogen-bond donors (Lipinski definition) is 2. The van der Waals surface area contributed by atoms with Crippen molar-refractivity contribution < 1.29 is 9.90 Å². The van der Waals surface area contributed by atoms with Crippen LogP contribution in [0.15, 0.2) is 29.2 Å². The zero-order chi connectivity index (χ0) is 13.4. The summed E-state index contributed by atoms with van der Waals surface area (Å²) in [6.45, 7) is 2.68. The molecule has 1 rings (SSSR count). The van der Waals surface area contributed by atoms with E-state index in [9.17, 15) is 9.59 Å². The number of aliphatic hydroxyl groups excluding tert-OH is 1. The molecule has 0 saturated carbocycles. The van der Waals surface area contributed by atoms with Gasteiger partial charge in [-0.25, -0.2) is 0 Å². The number of nitrogens with one attached hydrogen (secondary N) is 1.